The molecule has 0 saturated carbocycles. The van der Waals surface area contributed by atoms with E-state index in [0.717, 1.165) is 11.3 Å². The normalized spacial score (nSPS) is 10.8. The van der Waals surface area contributed by atoms with Crippen molar-refractivity contribution >= 4 is 27.5 Å². The molecule has 6 heteroatoms. The Morgan fingerprint density at radius 2 is 2.25 bits per heavy atom. The van der Waals surface area contributed by atoms with Gasteiger partial charge in [0.2, 0.25) is 0 Å². The smallest absolute Gasteiger partial charge is 0.152 e. The lowest BCUT2D eigenvalue weighted by atomic mass is 10.2. The van der Waals surface area contributed by atoms with Crippen molar-refractivity contribution in [3.8, 4) is 5.69 Å². The third-order valence-electron chi connectivity index (χ3n) is 2.24. The van der Waals surface area contributed by atoms with Crippen LogP contribution in [0.2, 0.25) is 0 Å². The zero-order valence-corrected chi connectivity index (χ0v) is 10.8. The van der Waals surface area contributed by atoms with Gasteiger partial charge >= 0.3 is 0 Å². The highest BCUT2D eigenvalue weighted by atomic mass is 79.9. The molecule has 0 radical (unpaired) electrons. The molecule has 0 N–H and O–H groups in total. The van der Waals surface area contributed by atoms with Gasteiger partial charge in [0.1, 0.15) is 12.1 Å². The SMILES string of the molecule is Cc1cc(F)c(Br)cc1-n1cnnc1CCl. The maximum absolute atomic E-state index is 13.3. The molecule has 2 aromatic rings. The van der Waals surface area contributed by atoms with Crippen molar-refractivity contribution < 1.29 is 4.39 Å². The average molecular weight is 305 g/mol. The fourth-order valence-electron chi connectivity index (χ4n) is 1.45. The third kappa shape index (κ3) is 1.97. The van der Waals surface area contributed by atoms with Gasteiger partial charge in [-0.2, -0.15) is 0 Å². The van der Waals surface area contributed by atoms with Gasteiger partial charge in [-0.05, 0) is 40.5 Å². The molecule has 0 atom stereocenters. The maximum Gasteiger partial charge on any atom is 0.152 e. The summed E-state index contributed by atoms with van der Waals surface area (Å²) in [5.41, 5.74) is 1.61. The highest BCUT2D eigenvalue weighted by Gasteiger charge is 2.10. The third-order valence-corrected chi connectivity index (χ3v) is 3.08. The van der Waals surface area contributed by atoms with E-state index in [0.29, 0.717) is 10.3 Å². The molecule has 84 valence electrons. The molecule has 0 aliphatic heterocycles. The van der Waals surface area contributed by atoms with E-state index in [-0.39, 0.29) is 11.7 Å². The first kappa shape index (κ1) is 11.5. The summed E-state index contributed by atoms with van der Waals surface area (Å²) in [6, 6.07) is 3.14. The predicted octanol–water partition coefficient (Wildman–Crippen LogP) is 3.22. The van der Waals surface area contributed by atoms with E-state index in [9.17, 15) is 4.39 Å². The summed E-state index contributed by atoms with van der Waals surface area (Å²) in [4.78, 5) is 0. The first-order chi connectivity index (χ1) is 7.63. The van der Waals surface area contributed by atoms with Gasteiger partial charge in [-0.15, -0.1) is 21.8 Å². The van der Waals surface area contributed by atoms with Crippen molar-refractivity contribution in [3.05, 3.63) is 40.1 Å². The van der Waals surface area contributed by atoms with Crippen LogP contribution in [0.1, 0.15) is 11.4 Å². The second kappa shape index (κ2) is 4.51. The Bertz CT molecular complexity index is 527. The Morgan fingerprint density at radius 3 is 2.94 bits per heavy atom. The van der Waals surface area contributed by atoms with Gasteiger partial charge in [0.15, 0.2) is 5.82 Å². The average Bonchev–Trinajstić information content (AvgIpc) is 2.71. The van der Waals surface area contributed by atoms with Gasteiger partial charge in [0.25, 0.3) is 0 Å². The van der Waals surface area contributed by atoms with E-state index in [1.807, 2.05) is 6.92 Å². The lowest BCUT2D eigenvalue weighted by molar-refractivity contribution is 0.619. The number of hydrogen-bond acceptors (Lipinski definition) is 2. The van der Waals surface area contributed by atoms with Crippen LogP contribution in [0, 0.1) is 12.7 Å². The molecule has 0 amide bonds. The summed E-state index contributed by atoms with van der Waals surface area (Å²) in [5, 5.41) is 7.66. The second-order valence-electron chi connectivity index (χ2n) is 3.30. The van der Waals surface area contributed by atoms with E-state index in [1.165, 1.54) is 6.07 Å². The van der Waals surface area contributed by atoms with Crippen LogP contribution >= 0.6 is 27.5 Å². The van der Waals surface area contributed by atoms with Crippen molar-refractivity contribution in [1.29, 1.82) is 0 Å². The first-order valence-corrected chi connectivity index (χ1v) is 5.87. The van der Waals surface area contributed by atoms with E-state index in [2.05, 4.69) is 26.1 Å². The lowest BCUT2D eigenvalue weighted by Gasteiger charge is -2.09. The zero-order valence-electron chi connectivity index (χ0n) is 8.41. The van der Waals surface area contributed by atoms with Crippen molar-refractivity contribution in [3.63, 3.8) is 0 Å². The van der Waals surface area contributed by atoms with E-state index < -0.39 is 0 Å². The van der Waals surface area contributed by atoms with Crippen LogP contribution in [0.4, 0.5) is 4.39 Å². The number of alkyl halides is 1. The monoisotopic (exact) mass is 303 g/mol. The lowest BCUT2D eigenvalue weighted by Crippen LogP contribution is -2.01. The van der Waals surface area contributed by atoms with E-state index in [4.69, 9.17) is 11.6 Å². The van der Waals surface area contributed by atoms with Crippen molar-refractivity contribution in [2.24, 2.45) is 0 Å². The molecule has 1 heterocycles. The quantitative estimate of drug-likeness (QED) is 0.798. The van der Waals surface area contributed by atoms with E-state index >= 15 is 0 Å². The molecular formula is C10H8BrClFN3. The van der Waals surface area contributed by atoms with Crippen molar-refractivity contribution in [1.82, 2.24) is 14.8 Å². The van der Waals surface area contributed by atoms with Crippen LogP contribution in [0.25, 0.3) is 5.69 Å². The Hall–Kier alpha value is -0.940. The Morgan fingerprint density at radius 1 is 1.50 bits per heavy atom. The maximum atomic E-state index is 13.3. The molecule has 2 rings (SSSR count). The summed E-state index contributed by atoms with van der Waals surface area (Å²) in [6.07, 6.45) is 1.56. The van der Waals surface area contributed by atoms with Gasteiger partial charge in [0.05, 0.1) is 16.0 Å². The molecule has 0 aliphatic carbocycles. The van der Waals surface area contributed by atoms with Gasteiger partial charge in [0, 0.05) is 0 Å². The Kier molecular flexibility index (Phi) is 3.25. The van der Waals surface area contributed by atoms with Gasteiger partial charge < -0.3 is 0 Å². The van der Waals surface area contributed by atoms with Crippen LogP contribution in [0.15, 0.2) is 22.9 Å². The number of benzene rings is 1. The topological polar surface area (TPSA) is 30.7 Å². The summed E-state index contributed by atoms with van der Waals surface area (Å²) in [7, 11) is 0. The molecular weight excluding hydrogens is 296 g/mol. The van der Waals surface area contributed by atoms with Crippen LogP contribution < -0.4 is 0 Å². The molecule has 3 nitrogen and oxygen atoms in total. The number of nitrogens with zero attached hydrogens (tertiary/aromatic N) is 3. The molecule has 0 bridgehead atoms. The minimum Gasteiger partial charge on any atom is -0.284 e. The second-order valence-corrected chi connectivity index (χ2v) is 4.43. The molecule has 0 unspecified atom stereocenters. The molecule has 0 fully saturated rings. The number of halogens is 3. The van der Waals surface area contributed by atoms with Gasteiger partial charge in [-0.1, -0.05) is 0 Å². The molecule has 1 aromatic heterocycles. The highest BCUT2D eigenvalue weighted by molar-refractivity contribution is 9.10. The van der Waals surface area contributed by atoms with E-state index in [1.54, 1.807) is 17.0 Å². The summed E-state index contributed by atoms with van der Waals surface area (Å²) in [6.45, 7) is 1.82. The number of aromatic nitrogens is 3. The fourth-order valence-corrected chi connectivity index (χ4v) is 1.96. The minimum atomic E-state index is -0.290. The molecule has 0 saturated heterocycles. The first-order valence-electron chi connectivity index (χ1n) is 4.54. The minimum absolute atomic E-state index is 0.258. The van der Waals surface area contributed by atoms with Gasteiger partial charge in [-0.25, -0.2) is 4.39 Å². The summed E-state index contributed by atoms with van der Waals surface area (Å²) >= 11 is 8.89. The van der Waals surface area contributed by atoms with Crippen LogP contribution in [-0.2, 0) is 5.88 Å². The highest BCUT2D eigenvalue weighted by Crippen LogP contribution is 2.24. The molecule has 1 aromatic carbocycles. The largest absolute Gasteiger partial charge is 0.284 e. The number of aryl methyl sites for hydroxylation is 1. The number of rotatable bonds is 2. The van der Waals surface area contributed by atoms with Crippen LogP contribution in [-0.4, -0.2) is 14.8 Å². The predicted molar refractivity (Wildman–Crippen MR) is 63.3 cm³/mol. The standard InChI is InChI=1S/C10H8BrClFN3/c1-6-2-8(13)7(11)3-9(6)16-5-14-15-10(16)4-12/h2-3,5H,4H2,1H3. The molecule has 16 heavy (non-hydrogen) atoms. The Labute approximate surface area is 105 Å². The Balaban J connectivity index is 2.60. The van der Waals surface area contributed by atoms with Crippen molar-refractivity contribution in [2.45, 2.75) is 12.8 Å². The van der Waals surface area contributed by atoms with Crippen LogP contribution in [0.5, 0.6) is 0 Å². The summed E-state index contributed by atoms with van der Waals surface area (Å²) < 4.78 is 15.4. The molecule has 0 aliphatic rings. The molecule has 0 spiro atoms. The summed E-state index contributed by atoms with van der Waals surface area (Å²) in [5.74, 6) is 0.596. The number of hydrogen-bond donors (Lipinski definition) is 0. The van der Waals surface area contributed by atoms with Gasteiger partial charge in [-0.3, -0.25) is 4.57 Å². The van der Waals surface area contributed by atoms with Crippen molar-refractivity contribution in [2.75, 3.05) is 0 Å². The van der Waals surface area contributed by atoms with Crippen LogP contribution in [0.3, 0.4) is 0 Å². The fraction of sp³-hybridized carbons (Fsp3) is 0.200. The zero-order chi connectivity index (χ0) is 11.7.